The fourth-order valence-electron chi connectivity index (χ4n) is 3.15. The third kappa shape index (κ3) is 4.43. The van der Waals surface area contributed by atoms with Gasteiger partial charge in [0.1, 0.15) is 0 Å². The van der Waals surface area contributed by atoms with Crippen LogP contribution in [-0.4, -0.2) is 44.0 Å². The van der Waals surface area contributed by atoms with E-state index in [1.807, 2.05) is 66.5 Å². The molecule has 3 aromatic rings. The Kier molecular flexibility index (Phi) is 5.71. The molecule has 0 unspecified atom stereocenters. The topological polar surface area (TPSA) is 68.0 Å². The van der Waals surface area contributed by atoms with Crippen LogP contribution in [0.5, 0.6) is 0 Å². The number of benzene rings is 1. The van der Waals surface area contributed by atoms with Crippen LogP contribution < -0.4 is 5.32 Å². The molecule has 0 spiro atoms. The molecule has 27 heavy (non-hydrogen) atoms. The van der Waals surface area contributed by atoms with Gasteiger partial charge in [0.15, 0.2) is 0 Å². The summed E-state index contributed by atoms with van der Waals surface area (Å²) in [7, 11) is 1.94. The highest BCUT2D eigenvalue weighted by Gasteiger charge is 2.14. The van der Waals surface area contributed by atoms with E-state index in [0.717, 1.165) is 34.9 Å². The summed E-state index contributed by atoms with van der Waals surface area (Å²) in [4.78, 5) is 14.4. The van der Waals surface area contributed by atoms with E-state index in [2.05, 4.69) is 27.6 Å². The maximum absolute atomic E-state index is 12.4. The number of carbonyl (C=O) groups is 1. The number of aromatic nitrogens is 4. The molecule has 0 bridgehead atoms. The lowest BCUT2D eigenvalue weighted by Crippen LogP contribution is -2.30. The molecule has 142 valence electrons. The number of amides is 1. The lowest BCUT2D eigenvalue weighted by molar-refractivity contribution is -0.117. The average molecular weight is 366 g/mol. The Morgan fingerprint density at radius 2 is 1.96 bits per heavy atom. The van der Waals surface area contributed by atoms with E-state index in [-0.39, 0.29) is 5.91 Å². The van der Waals surface area contributed by atoms with E-state index >= 15 is 0 Å². The Labute approximate surface area is 159 Å². The van der Waals surface area contributed by atoms with Crippen LogP contribution in [0.3, 0.4) is 0 Å². The van der Waals surface area contributed by atoms with Crippen LogP contribution in [0.15, 0.2) is 42.7 Å². The molecule has 3 rings (SSSR count). The van der Waals surface area contributed by atoms with Crippen LogP contribution in [0, 0.1) is 13.8 Å². The van der Waals surface area contributed by atoms with Gasteiger partial charge >= 0.3 is 0 Å². The van der Waals surface area contributed by atoms with Crippen LogP contribution in [0.2, 0.25) is 0 Å². The van der Waals surface area contributed by atoms with Crippen molar-refractivity contribution in [1.29, 1.82) is 0 Å². The molecule has 0 aliphatic heterocycles. The molecule has 0 atom stereocenters. The van der Waals surface area contributed by atoms with Crippen molar-refractivity contribution in [3.8, 4) is 5.69 Å². The zero-order chi connectivity index (χ0) is 19.4. The van der Waals surface area contributed by atoms with Gasteiger partial charge in [0, 0.05) is 25.5 Å². The van der Waals surface area contributed by atoms with Gasteiger partial charge in [-0.2, -0.15) is 10.2 Å². The second kappa shape index (κ2) is 8.18. The van der Waals surface area contributed by atoms with Crippen LogP contribution in [0.1, 0.15) is 23.9 Å². The highest BCUT2D eigenvalue weighted by Crippen LogP contribution is 2.19. The van der Waals surface area contributed by atoms with Crippen molar-refractivity contribution in [3.63, 3.8) is 0 Å². The summed E-state index contributed by atoms with van der Waals surface area (Å²) in [5.41, 5.74) is 4.81. The molecule has 2 aromatic heterocycles. The van der Waals surface area contributed by atoms with E-state index in [4.69, 9.17) is 0 Å². The molecule has 0 radical (unpaired) electrons. The molecule has 1 N–H and O–H groups in total. The predicted molar refractivity (Wildman–Crippen MR) is 106 cm³/mol. The predicted octanol–water partition coefficient (Wildman–Crippen LogP) is 2.78. The Balaban J connectivity index is 1.56. The van der Waals surface area contributed by atoms with Gasteiger partial charge < -0.3 is 5.32 Å². The molecule has 0 aliphatic rings. The Morgan fingerprint density at radius 1 is 1.22 bits per heavy atom. The maximum Gasteiger partial charge on any atom is 0.238 e. The molecule has 7 nitrogen and oxygen atoms in total. The largest absolute Gasteiger partial charge is 0.322 e. The van der Waals surface area contributed by atoms with Crippen LogP contribution in [0.4, 0.5) is 5.69 Å². The summed E-state index contributed by atoms with van der Waals surface area (Å²) in [6.45, 7) is 7.73. The average Bonchev–Trinajstić information content (AvgIpc) is 3.26. The van der Waals surface area contributed by atoms with Gasteiger partial charge in [0.05, 0.1) is 29.3 Å². The van der Waals surface area contributed by atoms with Crippen molar-refractivity contribution in [2.24, 2.45) is 0 Å². The first kappa shape index (κ1) is 18.8. The number of hydrogen-bond donors (Lipinski definition) is 1. The zero-order valence-electron chi connectivity index (χ0n) is 16.3. The van der Waals surface area contributed by atoms with Crippen molar-refractivity contribution >= 4 is 11.6 Å². The summed E-state index contributed by atoms with van der Waals surface area (Å²) < 4.78 is 3.72. The minimum absolute atomic E-state index is 0.0347. The minimum atomic E-state index is -0.0347. The second-order valence-electron chi connectivity index (χ2n) is 6.70. The molecule has 0 fully saturated rings. The van der Waals surface area contributed by atoms with E-state index in [1.54, 1.807) is 6.20 Å². The van der Waals surface area contributed by atoms with Gasteiger partial charge in [-0.15, -0.1) is 0 Å². The van der Waals surface area contributed by atoms with Gasteiger partial charge in [-0.25, -0.2) is 4.68 Å². The molecule has 2 heterocycles. The number of nitrogens with one attached hydrogen (secondary N) is 1. The van der Waals surface area contributed by atoms with Crippen molar-refractivity contribution < 1.29 is 4.79 Å². The zero-order valence-corrected chi connectivity index (χ0v) is 16.3. The number of rotatable bonds is 7. The number of hydrogen-bond acceptors (Lipinski definition) is 4. The van der Waals surface area contributed by atoms with Crippen LogP contribution >= 0.6 is 0 Å². The number of likely N-dealkylation sites (N-methyl/N-ethyl adjacent to an activating group) is 1. The highest BCUT2D eigenvalue weighted by molar-refractivity contribution is 5.93. The third-order valence-corrected chi connectivity index (χ3v) is 4.52. The molecule has 1 amide bonds. The summed E-state index contributed by atoms with van der Waals surface area (Å²) in [5, 5.41) is 11.7. The summed E-state index contributed by atoms with van der Waals surface area (Å²) >= 11 is 0. The second-order valence-corrected chi connectivity index (χ2v) is 6.70. The quantitative estimate of drug-likeness (QED) is 0.698. The Hall–Kier alpha value is -2.93. The minimum Gasteiger partial charge on any atom is -0.322 e. The molecular formula is C20H26N6O. The smallest absolute Gasteiger partial charge is 0.238 e. The summed E-state index contributed by atoms with van der Waals surface area (Å²) in [6.07, 6.45) is 3.67. The highest BCUT2D eigenvalue weighted by atomic mass is 16.2. The first-order valence-corrected chi connectivity index (χ1v) is 9.09. The van der Waals surface area contributed by atoms with Crippen molar-refractivity contribution in [1.82, 2.24) is 24.5 Å². The van der Waals surface area contributed by atoms with Crippen molar-refractivity contribution in [2.45, 2.75) is 33.9 Å². The molecule has 7 heteroatoms. The number of nitrogens with zero attached hydrogens (tertiary/aromatic N) is 5. The van der Waals surface area contributed by atoms with Crippen LogP contribution in [0.25, 0.3) is 5.69 Å². The van der Waals surface area contributed by atoms with Crippen molar-refractivity contribution in [2.75, 3.05) is 18.9 Å². The standard InChI is InChI=1S/C20H26N6O/c1-5-25-16(3)20(15(2)23-25)22-19(27)14-24(4)13-17-7-9-18(10-8-17)26-12-6-11-21-26/h6-12H,5,13-14H2,1-4H3,(H,22,27). The maximum atomic E-state index is 12.4. The fourth-order valence-corrected chi connectivity index (χ4v) is 3.15. The van der Waals surface area contributed by atoms with E-state index in [0.29, 0.717) is 13.1 Å². The summed E-state index contributed by atoms with van der Waals surface area (Å²) in [5.74, 6) is -0.0347. The van der Waals surface area contributed by atoms with E-state index in [9.17, 15) is 4.79 Å². The van der Waals surface area contributed by atoms with E-state index < -0.39 is 0 Å². The lowest BCUT2D eigenvalue weighted by atomic mass is 10.2. The number of aryl methyl sites for hydroxylation is 2. The van der Waals surface area contributed by atoms with Gasteiger partial charge in [-0.3, -0.25) is 14.4 Å². The van der Waals surface area contributed by atoms with E-state index in [1.165, 1.54) is 0 Å². The number of anilines is 1. The molecular weight excluding hydrogens is 340 g/mol. The van der Waals surface area contributed by atoms with Gasteiger partial charge in [0.25, 0.3) is 0 Å². The Morgan fingerprint density at radius 3 is 2.56 bits per heavy atom. The molecule has 0 aliphatic carbocycles. The normalized spacial score (nSPS) is 11.1. The first-order chi connectivity index (χ1) is 13.0. The van der Waals surface area contributed by atoms with Crippen molar-refractivity contribution in [3.05, 3.63) is 59.7 Å². The van der Waals surface area contributed by atoms with Crippen LogP contribution in [-0.2, 0) is 17.9 Å². The lowest BCUT2D eigenvalue weighted by Gasteiger charge is -2.17. The SMILES string of the molecule is CCn1nc(C)c(NC(=O)CN(C)Cc2ccc(-n3cccn3)cc2)c1C. The van der Waals surface area contributed by atoms with Gasteiger partial charge in [-0.1, -0.05) is 12.1 Å². The third-order valence-electron chi connectivity index (χ3n) is 4.52. The molecule has 1 aromatic carbocycles. The van der Waals surface area contributed by atoms with Gasteiger partial charge in [-0.05, 0) is 51.6 Å². The first-order valence-electron chi connectivity index (χ1n) is 9.09. The fraction of sp³-hybridized carbons (Fsp3) is 0.350. The molecule has 0 saturated carbocycles. The monoisotopic (exact) mass is 366 g/mol. The van der Waals surface area contributed by atoms with Gasteiger partial charge in [0.2, 0.25) is 5.91 Å². The molecule has 0 saturated heterocycles. The summed E-state index contributed by atoms with van der Waals surface area (Å²) in [6, 6.07) is 10.1. The Bertz CT molecular complexity index is 895. The number of carbonyl (C=O) groups excluding carboxylic acids is 1.